The molecule has 1 N–H and O–H groups in total. The van der Waals surface area contributed by atoms with Crippen molar-refractivity contribution >= 4 is 0 Å². The van der Waals surface area contributed by atoms with E-state index in [1.54, 1.807) is 0 Å². The molecule has 1 unspecified atom stereocenters. The van der Waals surface area contributed by atoms with Crippen LogP contribution >= 0.6 is 0 Å². The van der Waals surface area contributed by atoms with Gasteiger partial charge >= 0.3 is 0 Å². The minimum Gasteiger partial charge on any atom is -0.316 e. The molecule has 1 nitrogen and oxygen atoms in total. The van der Waals surface area contributed by atoms with Crippen molar-refractivity contribution in [3.05, 3.63) is 35.9 Å². The topological polar surface area (TPSA) is 12.0 Å². The van der Waals surface area contributed by atoms with Crippen molar-refractivity contribution in [2.45, 2.75) is 38.0 Å². The average Bonchev–Trinajstić information content (AvgIpc) is 2.78. The lowest BCUT2D eigenvalue weighted by atomic mass is 9.76. The zero-order chi connectivity index (χ0) is 10.6. The fourth-order valence-electron chi connectivity index (χ4n) is 2.65. The molecule has 1 aromatic carbocycles. The molecule has 1 atom stereocenters. The monoisotopic (exact) mass is 203 g/mol. The van der Waals surface area contributed by atoms with E-state index in [1.165, 1.54) is 37.8 Å². The summed E-state index contributed by atoms with van der Waals surface area (Å²) in [5.74, 6) is 0. The first-order valence-electron chi connectivity index (χ1n) is 6.14. The van der Waals surface area contributed by atoms with E-state index in [2.05, 4.69) is 42.6 Å². The Morgan fingerprint density at radius 1 is 1.27 bits per heavy atom. The molecular formula is C14H21N. The number of hydrogen-bond acceptors (Lipinski definition) is 1. The molecule has 0 radical (unpaired) electrons. The van der Waals surface area contributed by atoms with Gasteiger partial charge in [-0.25, -0.2) is 0 Å². The molecule has 1 aliphatic rings. The van der Waals surface area contributed by atoms with Crippen LogP contribution < -0.4 is 5.32 Å². The fraction of sp³-hybridized carbons (Fsp3) is 0.571. The van der Waals surface area contributed by atoms with Crippen LogP contribution in [0.4, 0.5) is 0 Å². The summed E-state index contributed by atoms with van der Waals surface area (Å²) < 4.78 is 0. The maximum Gasteiger partial charge on any atom is 0.00898 e. The molecule has 82 valence electrons. The Morgan fingerprint density at radius 2 is 2.07 bits per heavy atom. The zero-order valence-corrected chi connectivity index (χ0v) is 9.63. The maximum atomic E-state index is 3.52. The summed E-state index contributed by atoms with van der Waals surface area (Å²) in [6.07, 6.45) is 5.28. The summed E-state index contributed by atoms with van der Waals surface area (Å²) in [5, 5.41) is 3.52. The molecule has 1 heteroatoms. The Morgan fingerprint density at radius 3 is 2.67 bits per heavy atom. The average molecular weight is 203 g/mol. The SMILES string of the molecule is CCCCC1(c2ccccc2)CCNC1. The molecular weight excluding hydrogens is 182 g/mol. The van der Waals surface area contributed by atoms with E-state index in [0.717, 1.165) is 6.54 Å². The van der Waals surface area contributed by atoms with E-state index in [4.69, 9.17) is 0 Å². The summed E-state index contributed by atoms with van der Waals surface area (Å²) in [4.78, 5) is 0. The van der Waals surface area contributed by atoms with Gasteiger partial charge in [0, 0.05) is 12.0 Å². The second-order valence-electron chi connectivity index (χ2n) is 4.68. The largest absolute Gasteiger partial charge is 0.316 e. The molecule has 0 aliphatic carbocycles. The highest BCUT2D eigenvalue weighted by molar-refractivity contribution is 5.27. The lowest BCUT2D eigenvalue weighted by Gasteiger charge is -2.28. The van der Waals surface area contributed by atoms with Crippen LogP contribution in [0.15, 0.2) is 30.3 Å². The molecule has 0 aromatic heterocycles. The third kappa shape index (κ3) is 2.23. The van der Waals surface area contributed by atoms with Gasteiger partial charge in [-0.2, -0.15) is 0 Å². The molecule has 0 saturated carbocycles. The van der Waals surface area contributed by atoms with Gasteiger partial charge < -0.3 is 5.32 Å². The molecule has 1 fully saturated rings. The van der Waals surface area contributed by atoms with Crippen LogP contribution in [0.5, 0.6) is 0 Å². The highest BCUT2D eigenvalue weighted by Gasteiger charge is 2.34. The van der Waals surface area contributed by atoms with Gasteiger partial charge in [-0.15, -0.1) is 0 Å². The molecule has 2 rings (SSSR count). The van der Waals surface area contributed by atoms with Crippen molar-refractivity contribution in [2.75, 3.05) is 13.1 Å². The minimum absolute atomic E-state index is 0.428. The lowest BCUT2D eigenvalue weighted by molar-refractivity contribution is 0.415. The van der Waals surface area contributed by atoms with Crippen LogP contribution in [-0.2, 0) is 5.41 Å². The van der Waals surface area contributed by atoms with E-state index in [1.807, 2.05) is 0 Å². The Labute approximate surface area is 92.9 Å². The van der Waals surface area contributed by atoms with Gasteiger partial charge in [0.25, 0.3) is 0 Å². The Bertz CT molecular complexity index is 285. The van der Waals surface area contributed by atoms with Crippen LogP contribution in [0.2, 0.25) is 0 Å². The van der Waals surface area contributed by atoms with E-state index >= 15 is 0 Å². The molecule has 1 aromatic rings. The Balaban J connectivity index is 2.19. The normalized spacial score (nSPS) is 25.7. The van der Waals surface area contributed by atoms with Crippen LogP contribution in [0.1, 0.15) is 38.2 Å². The molecule has 1 saturated heterocycles. The third-order valence-electron chi connectivity index (χ3n) is 3.64. The molecule has 0 bridgehead atoms. The number of nitrogens with one attached hydrogen (secondary N) is 1. The van der Waals surface area contributed by atoms with Crippen molar-refractivity contribution in [1.82, 2.24) is 5.32 Å². The van der Waals surface area contributed by atoms with Gasteiger partial charge in [0.05, 0.1) is 0 Å². The van der Waals surface area contributed by atoms with Crippen molar-refractivity contribution in [3.63, 3.8) is 0 Å². The first-order valence-corrected chi connectivity index (χ1v) is 6.14. The summed E-state index contributed by atoms with van der Waals surface area (Å²) >= 11 is 0. The van der Waals surface area contributed by atoms with Crippen molar-refractivity contribution < 1.29 is 0 Å². The zero-order valence-electron chi connectivity index (χ0n) is 9.63. The van der Waals surface area contributed by atoms with Gasteiger partial charge in [-0.3, -0.25) is 0 Å². The summed E-state index contributed by atoms with van der Waals surface area (Å²) in [5.41, 5.74) is 1.96. The van der Waals surface area contributed by atoms with E-state index in [9.17, 15) is 0 Å². The highest BCUT2D eigenvalue weighted by Crippen LogP contribution is 2.35. The van der Waals surface area contributed by atoms with Crippen LogP contribution in [0, 0.1) is 0 Å². The molecule has 15 heavy (non-hydrogen) atoms. The summed E-state index contributed by atoms with van der Waals surface area (Å²) in [6, 6.07) is 11.0. The van der Waals surface area contributed by atoms with Crippen LogP contribution in [-0.4, -0.2) is 13.1 Å². The third-order valence-corrected chi connectivity index (χ3v) is 3.64. The fourth-order valence-corrected chi connectivity index (χ4v) is 2.65. The van der Waals surface area contributed by atoms with E-state index in [-0.39, 0.29) is 0 Å². The number of unbranched alkanes of at least 4 members (excludes halogenated alkanes) is 1. The Kier molecular flexibility index (Phi) is 3.42. The first-order chi connectivity index (χ1) is 7.37. The van der Waals surface area contributed by atoms with E-state index in [0.29, 0.717) is 5.41 Å². The second-order valence-corrected chi connectivity index (χ2v) is 4.68. The summed E-state index contributed by atoms with van der Waals surface area (Å²) in [7, 11) is 0. The highest BCUT2D eigenvalue weighted by atomic mass is 14.9. The molecule has 1 aliphatic heterocycles. The van der Waals surface area contributed by atoms with Gasteiger partial charge in [-0.05, 0) is 24.9 Å². The molecule has 0 spiro atoms. The lowest BCUT2D eigenvalue weighted by Crippen LogP contribution is -2.28. The number of hydrogen-bond donors (Lipinski definition) is 1. The predicted octanol–water partition coefficient (Wildman–Crippen LogP) is 3.11. The van der Waals surface area contributed by atoms with E-state index < -0.39 is 0 Å². The standard InChI is InChI=1S/C14H21N/c1-2-3-9-14(10-11-15-12-14)13-7-5-4-6-8-13/h4-8,15H,2-3,9-12H2,1H3. The van der Waals surface area contributed by atoms with Gasteiger partial charge in [0.1, 0.15) is 0 Å². The van der Waals surface area contributed by atoms with Gasteiger partial charge in [0.2, 0.25) is 0 Å². The van der Waals surface area contributed by atoms with Crippen molar-refractivity contribution in [1.29, 1.82) is 0 Å². The van der Waals surface area contributed by atoms with Gasteiger partial charge in [0.15, 0.2) is 0 Å². The second kappa shape index (κ2) is 4.80. The molecule has 1 heterocycles. The Hall–Kier alpha value is -0.820. The predicted molar refractivity (Wildman–Crippen MR) is 65.1 cm³/mol. The first kappa shape index (κ1) is 10.7. The summed E-state index contributed by atoms with van der Waals surface area (Å²) in [6.45, 7) is 4.62. The van der Waals surface area contributed by atoms with Crippen molar-refractivity contribution in [2.24, 2.45) is 0 Å². The molecule has 0 amide bonds. The van der Waals surface area contributed by atoms with Crippen LogP contribution in [0.3, 0.4) is 0 Å². The number of benzene rings is 1. The maximum absolute atomic E-state index is 3.52. The van der Waals surface area contributed by atoms with Crippen LogP contribution in [0.25, 0.3) is 0 Å². The number of rotatable bonds is 4. The van der Waals surface area contributed by atoms with Gasteiger partial charge in [-0.1, -0.05) is 50.1 Å². The quantitative estimate of drug-likeness (QED) is 0.793. The minimum atomic E-state index is 0.428. The smallest absolute Gasteiger partial charge is 0.00898 e. The van der Waals surface area contributed by atoms with Crippen molar-refractivity contribution in [3.8, 4) is 0 Å².